The third kappa shape index (κ3) is 3.67. The van der Waals surface area contributed by atoms with Crippen molar-refractivity contribution in [2.24, 2.45) is 0 Å². The summed E-state index contributed by atoms with van der Waals surface area (Å²) in [7, 11) is 1.61. The summed E-state index contributed by atoms with van der Waals surface area (Å²) in [6.07, 6.45) is 4.13. The smallest absolute Gasteiger partial charge is 0.387 e. The number of rotatable bonds is 5. The largest absolute Gasteiger partial charge is 0.492 e. The van der Waals surface area contributed by atoms with Crippen molar-refractivity contribution >= 4 is 11.5 Å². The number of para-hydroxylation sites is 2. The van der Waals surface area contributed by atoms with Crippen molar-refractivity contribution in [3.63, 3.8) is 0 Å². The topological polar surface area (TPSA) is 44.9 Å². The summed E-state index contributed by atoms with van der Waals surface area (Å²) in [5, 5.41) is 11.9. The molecule has 2 heterocycles. The lowest BCUT2D eigenvalue weighted by Gasteiger charge is -2.30. The zero-order valence-corrected chi connectivity index (χ0v) is 16.4. The van der Waals surface area contributed by atoms with E-state index in [1.807, 2.05) is 29.2 Å². The predicted octanol–water partition coefficient (Wildman–Crippen LogP) is 3.95. The maximum absolute atomic E-state index is 12.5. The van der Waals surface area contributed by atoms with Crippen LogP contribution in [0.2, 0.25) is 0 Å². The molecule has 0 aromatic heterocycles. The van der Waals surface area contributed by atoms with E-state index in [9.17, 15) is 13.9 Å². The minimum atomic E-state index is -2.88. The number of hydrogen-bond donors (Lipinski definition) is 1. The Labute approximate surface area is 168 Å². The van der Waals surface area contributed by atoms with E-state index >= 15 is 0 Å². The van der Waals surface area contributed by atoms with Crippen molar-refractivity contribution < 1.29 is 27.9 Å². The van der Waals surface area contributed by atoms with E-state index in [2.05, 4.69) is 9.31 Å². The van der Waals surface area contributed by atoms with Crippen LogP contribution >= 0.6 is 0 Å². The molecule has 0 radical (unpaired) electrons. The third-order valence-electron chi connectivity index (χ3n) is 5.60. The SMILES string of the molecule is COc1ccccc1N1C2=[N+](CCCCC2)CC1(O)c1ccc(OC(F)F)cc1. The van der Waals surface area contributed by atoms with Crippen molar-refractivity contribution in [3.05, 3.63) is 54.1 Å². The Hall–Kier alpha value is -2.67. The van der Waals surface area contributed by atoms with Gasteiger partial charge in [-0.25, -0.2) is 0 Å². The van der Waals surface area contributed by atoms with E-state index < -0.39 is 12.3 Å². The standard InChI is InChI=1S/C22H25F2N2O3/c1-28-19-8-5-4-7-18(19)26-20-9-3-2-6-14-25(20)15-22(26,27)16-10-12-17(13-11-16)29-21(23)24/h4-5,7-8,10-13,21,27H,2-3,6,9,14-15H2,1H3/q+1. The van der Waals surface area contributed by atoms with E-state index in [1.54, 1.807) is 19.2 Å². The first kappa shape index (κ1) is 19.6. The number of benzene rings is 2. The summed E-state index contributed by atoms with van der Waals surface area (Å²) in [5.41, 5.74) is 0.0559. The highest BCUT2D eigenvalue weighted by Crippen LogP contribution is 2.41. The molecule has 0 spiro atoms. The van der Waals surface area contributed by atoms with Crippen molar-refractivity contribution in [2.45, 2.75) is 38.0 Å². The minimum Gasteiger partial charge on any atom is -0.492 e. The molecule has 0 amide bonds. The van der Waals surface area contributed by atoms with Crippen LogP contribution < -0.4 is 14.4 Å². The van der Waals surface area contributed by atoms with E-state index in [0.717, 1.165) is 43.8 Å². The summed E-state index contributed by atoms with van der Waals surface area (Å²) >= 11 is 0. The summed E-state index contributed by atoms with van der Waals surface area (Å²) in [6, 6.07) is 13.8. The Balaban J connectivity index is 1.78. The first-order valence-electron chi connectivity index (χ1n) is 9.84. The fraction of sp³-hybridized carbons (Fsp3) is 0.409. The zero-order chi connectivity index (χ0) is 20.4. The van der Waals surface area contributed by atoms with Crippen molar-refractivity contribution in [1.29, 1.82) is 0 Å². The van der Waals surface area contributed by atoms with E-state index in [4.69, 9.17) is 4.74 Å². The first-order chi connectivity index (χ1) is 14.0. The Kier molecular flexibility index (Phi) is 5.41. The molecular formula is C22H25F2N2O3+. The molecule has 1 atom stereocenters. The van der Waals surface area contributed by atoms with Gasteiger partial charge in [-0.15, -0.1) is 0 Å². The maximum atomic E-state index is 12.5. The highest BCUT2D eigenvalue weighted by atomic mass is 19.3. The molecule has 5 nitrogen and oxygen atoms in total. The molecule has 154 valence electrons. The number of nitrogens with zero attached hydrogens (tertiary/aromatic N) is 2. The van der Waals surface area contributed by atoms with Crippen LogP contribution in [0, 0.1) is 0 Å². The lowest BCUT2D eigenvalue weighted by Crippen LogP contribution is -2.47. The van der Waals surface area contributed by atoms with Crippen LogP contribution in [-0.2, 0) is 5.72 Å². The van der Waals surface area contributed by atoms with Crippen LogP contribution in [0.25, 0.3) is 0 Å². The molecule has 0 bridgehead atoms. The Morgan fingerprint density at radius 3 is 2.55 bits per heavy atom. The average Bonchev–Trinajstić information content (AvgIpc) is 2.84. The Morgan fingerprint density at radius 2 is 1.83 bits per heavy atom. The van der Waals surface area contributed by atoms with Gasteiger partial charge in [-0.2, -0.15) is 13.7 Å². The van der Waals surface area contributed by atoms with Gasteiger partial charge < -0.3 is 14.6 Å². The van der Waals surface area contributed by atoms with Gasteiger partial charge in [-0.1, -0.05) is 12.1 Å². The number of halogens is 2. The molecular weight excluding hydrogens is 378 g/mol. The van der Waals surface area contributed by atoms with Gasteiger partial charge in [-0.05, 0) is 55.7 Å². The van der Waals surface area contributed by atoms with Gasteiger partial charge in [0, 0.05) is 12.0 Å². The summed E-state index contributed by atoms with van der Waals surface area (Å²) in [4.78, 5) is 1.94. The first-order valence-corrected chi connectivity index (χ1v) is 9.84. The lowest BCUT2D eigenvalue weighted by molar-refractivity contribution is -0.534. The second-order valence-electron chi connectivity index (χ2n) is 7.38. The molecule has 0 saturated heterocycles. The number of ether oxygens (including phenoxy) is 2. The molecule has 1 N–H and O–H groups in total. The molecule has 4 rings (SSSR count). The normalized spacial score (nSPS) is 21.9. The van der Waals surface area contributed by atoms with Crippen molar-refractivity contribution in [3.8, 4) is 11.5 Å². The van der Waals surface area contributed by atoms with Crippen LogP contribution in [0.1, 0.15) is 31.2 Å². The van der Waals surface area contributed by atoms with Crippen LogP contribution in [0.4, 0.5) is 14.5 Å². The molecule has 29 heavy (non-hydrogen) atoms. The summed E-state index contributed by atoms with van der Waals surface area (Å²) < 4.78 is 37.3. The minimum absolute atomic E-state index is 0.0661. The van der Waals surface area contributed by atoms with E-state index in [0.29, 0.717) is 17.9 Å². The number of anilines is 1. The average molecular weight is 403 g/mol. The van der Waals surface area contributed by atoms with Gasteiger partial charge in [0.15, 0.2) is 18.0 Å². The van der Waals surface area contributed by atoms with Gasteiger partial charge in [0.05, 0.1) is 13.7 Å². The number of alkyl halides is 2. The quantitative estimate of drug-likeness (QED) is 0.768. The fourth-order valence-corrected chi connectivity index (χ4v) is 4.30. The molecule has 7 heteroatoms. The summed E-state index contributed by atoms with van der Waals surface area (Å²) in [6.45, 7) is -1.61. The van der Waals surface area contributed by atoms with Crippen LogP contribution in [0.5, 0.6) is 11.5 Å². The van der Waals surface area contributed by atoms with Gasteiger partial charge in [0.25, 0.3) is 11.6 Å². The fourth-order valence-electron chi connectivity index (χ4n) is 4.30. The maximum Gasteiger partial charge on any atom is 0.387 e. The Morgan fingerprint density at radius 1 is 1.07 bits per heavy atom. The van der Waals surface area contributed by atoms with Gasteiger partial charge in [0.2, 0.25) is 0 Å². The number of methoxy groups -OCH3 is 1. The summed E-state index contributed by atoms with van der Waals surface area (Å²) in [5.74, 6) is 1.79. The highest BCUT2D eigenvalue weighted by Gasteiger charge is 2.54. The van der Waals surface area contributed by atoms with Crippen LogP contribution in [0.15, 0.2) is 48.5 Å². The van der Waals surface area contributed by atoms with E-state index in [1.165, 1.54) is 12.1 Å². The molecule has 2 aliphatic heterocycles. The third-order valence-corrected chi connectivity index (χ3v) is 5.60. The van der Waals surface area contributed by atoms with Crippen molar-refractivity contribution in [2.75, 3.05) is 25.1 Å². The van der Waals surface area contributed by atoms with Gasteiger partial charge in [-0.3, -0.25) is 4.58 Å². The molecule has 0 saturated carbocycles. The van der Waals surface area contributed by atoms with Gasteiger partial charge >= 0.3 is 6.61 Å². The number of amidine groups is 1. The second-order valence-corrected chi connectivity index (χ2v) is 7.38. The molecule has 2 aliphatic rings. The van der Waals surface area contributed by atoms with Crippen LogP contribution in [-0.4, -0.2) is 42.3 Å². The molecule has 2 aromatic carbocycles. The zero-order valence-electron chi connectivity index (χ0n) is 16.4. The van der Waals surface area contributed by atoms with Crippen molar-refractivity contribution in [1.82, 2.24) is 0 Å². The Bertz CT molecular complexity index is 901. The number of aliphatic hydroxyl groups is 1. The molecule has 1 unspecified atom stereocenters. The molecule has 0 aliphatic carbocycles. The molecule has 0 fully saturated rings. The predicted molar refractivity (Wildman–Crippen MR) is 106 cm³/mol. The monoisotopic (exact) mass is 403 g/mol. The van der Waals surface area contributed by atoms with Crippen LogP contribution in [0.3, 0.4) is 0 Å². The number of hydrogen-bond acceptors (Lipinski definition) is 4. The van der Waals surface area contributed by atoms with Gasteiger partial charge in [0.1, 0.15) is 5.75 Å². The van der Waals surface area contributed by atoms with E-state index in [-0.39, 0.29) is 5.75 Å². The highest BCUT2D eigenvalue weighted by molar-refractivity contribution is 5.98. The molecule has 2 aromatic rings. The lowest BCUT2D eigenvalue weighted by atomic mass is 9.99. The second kappa shape index (κ2) is 7.99.